The number of pyridine rings is 1. The Morgan fingerprint density at radius 3 is 2.72 bits per heavy atom. The van der Waals surface area contributed by atoms with Gasteiger partial charge in [0.1, 0.15) is 5.82 Å². The number of carbonyl (C=O) groups excluding carboxylic acids is 1. The summed E-state index contributed by atoms with van der Waals surface area (Å²) in [5.74, 6) is 1.81. The van der Waals surface area contributed by atoms with Gasteiger partial charge in [0, 0.05) is 34.3 Å². The first kappa shape index (κ1) is 20.8. The van der Waals surface area contributed by atoms with Crippen LogP contribution in [0.2, 0.25) is 0 Å². The zero-order chi connectivity index (χ0) is 21.9. The van der Waals surface area contributed by atoms with E-state index in [-0.39, 0.29) is 5.91 Å². The van der Waals surface area contributed by atoms with Crippen LogP contribution in [0.15, 0.2) is 67.0 Å². The van der Waals surface area contributed by atoms with Gasteiger partial charge in [-0.3, -0.25) is 9.78 Å². The fourth-order valence-corrected chi connectivity index (χ4v) is 4.02. The van der Waals surface area contributed by atoms with Crippen molar-refractivity contribution in [3.05, 3.63) is 78.1 Å². The van der Waals surface area contributed by atoms with E-state index in [0.717, 1.165) is 33.1 Å². The van der Waals surface area contributed by atoms with E-state index in [4.69, 9.17) is 9.97 Å². The van der Waals surface area contributed by atoms with Crippen LogP contribution in [0, 0.1) is 5.92 Å². The van der Waals surface area contributed by atoms with Crippen LogP contribution in [0.25, 0.3) is 22.3 Å². The third-order valence-corrected chi connectivity index (χ3v) is 6.39. The summed E-state index contributed by atoms with van der Waals surface area (Å²) in [6.45, 7) is 0.730. The molecule has 4 aromatic rings. The van der Waals surface area contributed by atoms with Gasteiger partial charge in [-0.05, 0) is 60.7 Å². The largest absolute Gasteiger partial charge is 0.352 e. The van der Waals surface area contributed by atoms with Gasteiger partial charge in [0.15, 0.2) is 5.82 Å². The fraction of sp³-hybridized carbons (Fsp3) is 0.200. The molecule has 160 valence electrons. The molecule has 1 aliphatic rings. The van der Waals surface area contributed by atoms with Gasteiger partial charge >= 0.3 is 0 Å². The first-order valence-corrected chi connectivity index (χ1v) is 12.1. The van der Waals surface area contributed by atoms with Gasteiger partial charge in [0.2, 0.25) is 0 Å². The Bertz CT molecular complexity index is 1270. The Hall–Kier alpha value is -3.07. The fourth-order valence-electron chi connectivity index (χ4n) is 3.55. The molecule has 6 nitrogen and oxygen atoms in total. The molecule has 0 bridgehead atoms. The maximum atomic E-state index is 12.8. The van der Waals surface area contributed by atoms with E-state index in [1.54, 1.807) is 12.4 Å². The molecule has 1 fully saturated rings. The maximum Gasteiger partial charge on any atom is 0.253 e. The number of nitrogens with zero attached hydrogens (tertiary/aromatic N) is 3. The van der Waals surface area contributed by atoms with Crippen molar-refractivity contribution in [2.45, 2.75) is 17.3 Å². The lowest BCUT2D eigenvalue weighted by atomic mass is 10.1. The molecule has 2 heterocycles. The van der Waals surface area contributed by atoms with Crippen LogP contribution in [-0.4, -0.2) is 27.4 Å². The Kier molecular flexibility index (Phi) is 5.98. The first-order valence-electron chi connectivity index (χ1n) is 10.6. The summed E-state index contributed by atoms with van der Waals surface area (Å²) in [5.41, 5.74) is 4.19. The van der Waals surface area contributed by atoms with Gasteiger partial charge in [-0.2, -0.15) is 0 Å². The molecule has 0 aliphatic heterocycles. The molecule has 1 amide bonds. The minimum Gasteiger partial charge on any atom is -0.352 e. The quantitative estimate of drug-likeness (QED) is 0.241. The van der Waals surface area contributed by atoms with E-state index in [1.165, 1.54) is 18.4 Å². The number of amides is 1. The van der Waals surface area contributed by atoms with Crippen molar-refractivity contribution >= 4 is 50.9 Å². The molecule has 0 spiro atoms. The Morgan fingerprint density at radius 2 is 1.94 bits per heavy atom. The predicted octanol–water partition coefficient (Wildman–Crippen LogP) is 5.51. The first-order chi connectivity index (χ1) is 15.7. The molecule has 1 saturated carbocycles. The van der Waals surface area contributed by atoms with E-state index in [0.29, 0.717) is 23.1 Å². The lowest BCUT2D eigenvalue weighted by Crippen LogP contribution is -2.26. The molecule has 7 heteroatoms. The summed E-state index contributed by atoms with van der Waals surface area (Å²) < 4.78 is 0.887. The third kappa shape index (κ3) is 4.57. The van der Waals surface area contributed by atoms with Gasteiger partial charge in [0.05, 0.1) is 16.8 Å². The number of carbonyl (C=O) groups is 1. The number of rotatable bonds is 7. The minimum absolute atomic E-state index is 0.0706. The summed E-state index contributed by atoms with van der Waals surface area (Å²) in [6, 6.07) is 17.6. The molecule has 5 rings (SSSR count). The lowest BCUT2D eigenvalue weighted by molar-refractivity contribution is 0.0952. The second-order valence-corrected chi connectivity index (χ2v) is 8.71. The normalized spacial score (nSPS) is 13.2. The summed E-state index contributed by atoms with van der Waals surface area (Å²) in [6.07, 6.45) is 5.88. The van der Waals surface area contributed by atoms with Gasteiger partial charge in [-0.15, -0.1) is 0 Å². The zero-order valence-corrected chi connectivity index (χ0v) is 19.5. The number of fused-ring (bicyclic) bond motifs is 1. The summed E-state index contributed by atoms with van der Waals surface area (Å²) in [7, 11) is 0. The monoisotopic (exact) mass is 535 g/mol. The van der Waals surface area contributed by atoms with E-state index >= 15 is 0 Å². The molecule has 0 atom stereocenters. The number of para-hydroxylation sites is 1. The van der Waals surface area contributed by atoms with Crippen molar-refractivity contribution in [3.8, 4) is 11.4 Å². The van der Waals surface area contributed by atoms with Gasteiger partial charge in [-0.1, -0.05) is 40.8 Å². The van der Waals surface area contributed by atoms with Gasteiger partial charge in [-0.25, -0.2) is 9.97 Å². The Morgan fingerprint density at radius 1 is 1.06 bits per heavy atom. The summed E-state index contributed by atoms with van der Waals surface area (Å²) >= 11 is 2.35. The number of benzene rings is 2. The number of halogens is 1. The van der Waals surface area contributed by atoms with Gasteiger partial charge < -0.3 is 10.6 Å². The highest BCUT2D eigenvalue weighted by Gasteiger charge is 2.22. The lowest BCUT2D eigenvalue weighted by Gasteiger charge is -2.15. The van der Waals surface area contributed by atoms with Gasteiger partial charge in [0.25, 0.3) is 5.91 Å². The van der Waals surface area contributed by atoms with Crippen LogP contribution >= 0.6 is 22.6 Å². The minimum atomic E-state index is -0.0706. The number of anilines is 2. The van der Waals surface area contributed by atoms with E-state index in [1.807, 2.05) is 42.5 Å². The highest BCUT2D eigenvalue weighted by molar-refractivity contribution is 14.1. The third-order valence-electron chi connectivity index (χ3n) is 5.51. The van der Waals surface area contributed by atoms with Crippen LogP contribution in [-0.2, 0) is 4.43 Å². The molecule has 1 aliphatic carbocycles. The Labute approximate surface area is 200 Å². The highest BCUT2D eigenvalue weighted by atomic mass is 127. The second kappa shape index (κ2) is 9.20. The average Bonchev–Trinajstić information content (AvgIpc) is 3.68. The Balaban J connectivity index is 1.56. The number of alkyl halides is 1. The van der Waals surface area contributed by atoms with Crippen LogP contribution < -0.4 is 10.6 Å². The topological polar surface area (TPSA) is 79.8 Å². The number of hydrogen-bond donors (Lipinski definition) is 2. The molecule has 0 saturated heterocycles. The van der Waals surface area contributed by atoms with Crippen molar-refractivity contribution in [2.24, 2.45) is 5.92 Å². The van der Waals surface area contributed by atoms with Crippen molar-refractivity contribution in [1.82, 2.24) is 20.3 Å². The molecule has 2 N–H and O–H groups in total. The van der Waals surface area contributed by atoms with Crippen molar-refractivity contribution < 1.29 is 4.79 Å². The van der Waals surface area contributed by atoms with Crippen molar-refractivity contribution in [2.75, 3.05) is 11.9 Å². The summed E-state index contributed by atoms with van der Waals surface area (Å²) in [4.78, 5) is 26.6. The van der Waals surface area contributed by atoms with E-state index in [9.17, 15) is 4.79 Å². The number of hydrogen-bond acceptors (Lipinski definition) is 5. The molecule has 2 aromatic carbocycles. The van der Waals surface area contributed by atoms with Crippen LogP contribution in [0.3, 0.4) is 0 Å². The SMILES string of the molecule is O=C(NCC1CC1)c1ccccc1Nc1nc(-c2cccnc2)nc2ccc(CI)cc12. The average molecular weight is 535 g/mol. The molecule has 0 unspecified atom stereocenters. The molecular formula is C25H22IN5O. The smallest absolute Gasteiger partial charge is 0.253 e. The predicted molar refractivity (Wildman–Crippen MR) is 135 cm³/mol. The van der Waals surface area contributed by atoms with Crippen LogP contribution in [0.1, 0.15) is 28.8 Å². The number of aromatic nitrogens is 3. The maximum absolute atomic E-state index is 12.8. The molecular weight excluding hydrogens is 513 g/mol. The van der Waals surface area contributed by atoms with Crippen molar-refractivity contribution in [1.29, 1.82) is 0 Å². The molecule has 32 heavy (non-hydrogen) atoms. The summed E-state index contributed by atoms with van der Waals surface area (Å²) in [5, 5.41) is 7.40. The molecule has 0 radical (unpaired) electrons. The highest BCUT2D eigenvalue weighted by Crippen LogP contribution is 2.30. The zero-order valence-electron chi connectivity index (χ0n) is 17.4. The van der Waals surface area contributed by atoms with E-state index < -0.39 is 0 Å². The van der Waals surface area contributed by atoms with Crippen LogP contribution in [0.5, 0.6) is 0 Å². The van der Waals surface area contributed by atoms with Crippen LogP contribution in [0.4, 0.5) is 11.5 Å². The standard InChI is InChI=1S/C25H22IN5O/c26-13-17-9-10-22-20(12-17)24(31-23(29-22)18-4-3-11-27-15-18)30-21-6-2-1-5-19(21)25(32)28-14-16-7-8-16/h1-6,9-12,15-16H,7-8,13-14H2,(H,28,32)(H,29,30,31). The second-order valence-electron chi connectivity index (χ2n) is 7.95. The van der Waals surface area contributed by atoms with Crippen molar-refractivity contribution in [3.63, 3.8) is 0 Å². The van der Waals surface area contributed by atoms with E-state index in [2.05, 4.69) is 50.3 Å². The molecule has 2 aromatic heterocycles. The number of nitrogens with one attached hydrogen (secondary N) is 2.